The highest BCUT2D eigenvalue weighted by Crippen LogP contribution is 2.32. The number of nitrogens with two attached hydrogens (primary N) is 2. The Bertz CT molecular complexity index is 1440. The number of carbonyl (C=O) groups is 1. The fourth-order valence-electron chi connectivity index (χ4n) is 5.16. The standard InChI is InChI=1S/C27H33N7O5/c28-19(27(37)38)10-12-33(11-4-8-17-7-3-6-16-5-1-2-9-18(16)17)13-20-22(35)23(36)26(39-20)34-15-32-21-24(29)30-14-31-25(21)34/h1-3,5-7,9,14-15,19-20,22-23,26,35-36H,4,8,10-13,28H2,(H,37,38)(H2,29,30,31)/t19-,20+,22+,23+,26+/m0/s1. The first-order valence-corrected chi connectivity index (χ1v) is 13.0. The van der Waals surface area contributed by atoms with E-state index in [-0.39, 0.29) is 18.8 Å². The SMILES string of the molecule is Nc1ncnc2c1ncn2[C@@H]1O[C@H](CN(CCCc2cccc3ccccc23)CC[C@H](N)C(=O)O)[C@@H](O)[C@H]1O. The molecule has 2 aromatic carbocycles. The van der Waals surface area contributed by atoms with Crippen LogP contribution in [-0.4, -0.2) is 89.7 Å². The first-order chi connectivity index (χ1) is 18.8. The van der Waals surface area contributed by atoms with Gasteiger partial charge in [0, 0.05) is 13.1 Å². The van der Waals surface area contributed by atoms with Crippen molar-refractivity contribution in [3.05, 3.63) is 60.7 Å². The summed E-state index contributed by atoms with van der Waals surface area (Å²) in [6, 6.07) is 13.5. The average molecular weight is 536 g/mol. The number of carboxylic acid groups (broad SMARTS) is 1. The summed E-state index contributed by atoms with van der Waals surface area (Å²) in [5, 5.41) is 33.4. The third kappa shape index (κ3) is 5.70. The highest BCUT2D eigenvalue weighted by molar-refractivity contribution is 5.85. The molecule has 0 amide bonds. The molecule has 12 heteroatoms. The number of fused-ring (bicyclic) bond motifs is 2. The number of aryl methyl sites for hydroxylation is 1. The number of nitrogens with zero attached hydrogens (tertiary/aromatic N) is 5. The van der Waals surface area contributed by atoms with Gasteiger partial charge in [0.25, 0.3) is 0 Å². The summed E-state index contributed by atoms with van der Waals surface area (Å²) in [7, 11) is 0. The predicted octanol–water partition coefficient (Wildman–Crippen LogP) is 0.918. The molecule has 2 aromatic heterocycles. The van der Waals surface area contributed by atoms with Gasteiger partial charge in [-0.1, -0.05) is 42.5 Å². The van der Waals surface area contributed by atoms with Gasteiger partial charge in [-0.3, -0.25) is 9.36 Å². The maximum atomic E-state index is 11.3. The molecule has 0 bridgehead atoms. The van der Waals surface area contributed by atoms with E-state index in [1.54, 1.807) is 0 Å². The normalized spacial score (nSPS) is 22.2. The smallest absolute Gasteiger partial charge is 0.320 e. The number of ether oxygens (including phenoxy) is 1. The monoisotopic (exact) mass is 535 g/mol. The van der Waals surface area contributed by atoms with Gasteiger partial charge in [0.1, 0.15) is 36.2 Å². The van der Waals surface area contributed by atoms with Gasteiger partial charge in [-0.05, 0) is 42.1 Å². The van der Waals surface area contributed by atoms with Crippen molar-refractivity contribution in [2.45, 2.75) is 49.8 Å². The van der Waals surface area contributed by atoms with Crippen molar-refractivity contribution in [1.82, 2.24) is 24.4 Å². The molecule has 5 rings (SSSR count). The zero-order valence-corrected chi connectivity index (χ0v) is 21.4. The summed E-state index contributed by atoms with van der Waals surface area (Å²) in [5.41, 5.74) is 13.7. The Labute approximate surface area is 224 Å². The number of hydrogen-bond donors (Lipinski definition) is 5. The van der Waals surface area contributed by atoms with Crippen molar-refractivity contribution in [1.29, 1.82) is 0 Å². The molecule has 1 fully saturated rings. The number of aliphatic hydroxyl groups excluding tert-OH is 2. The van der Waals surface area contributed by atoms with E-state index in [9.17, 15) is 20.1 Å². The second kappa shape index (κ2) is 11.6. The highest BCUT2D eigenvalue weighted by Gasteiger charge is 2.44. The molecule has 12 nitrogen and oxygen atoms in total. The molecule has 0 unspecified atom stereocenters. The number of nitrogen functional groups attached to an aromatic ring is 1. The van der Waals surface area contributed by atoms with Crippen molar-refractivity contribution in [3.63, 3.8) is 0 Å². The van der Waals surface area contributed by atoms with E-state index in [4.69, 9.17) is 16.2 Å². The molecular formula is C27H33N7O5. The van der Waals surface area contributed by atoms with Gasteiger partial charge in [0.15, 0.2) is 17.7 Å². The van der Waals surface area contributed by atoms with Crippen LogP contribution in [0.15, 0.2) is 55.1 Å². The molecule has 7 N–H and O–H groups in total. The Hall–Kier alpha value is -3.68. The summed E-state index contributed by atoms with van der Waals surface area (Å²) in [6.07, 6.45) is 0.533. The van der Waals surface area contributed by atoms with Crippen molar-refractivity contribution >= 4 is 33.7 Å². The van der Waals surface area contributed by atoms with Crippen LogP contribution in [0.5, 0.6) is 0 Å². The first-order valence-electron chi connectivity index (χ1n) is 13.0. The number of anilines is 1. The fourth-order valence-corrected chi connectivity index (χ4v) is 5.16. The Balaban J connectivity index is 1.28. The van der Waals surface area contributed by atoms with Crippen molar-refractivity contribution in [3.8, 4) is 0 Å². The maximum absolute atomic E-state index is 11.3. The van der Waals surface area contributed by atoms with Crippen LogP contribution in [0.1, 0.15) is 24.6 Å². The maximum Gasteiger partial charge on any atom is 0.320 e. The van der Waals surface area contributed by atoms with Crippen LogP contribution in [-0.2, 0) is 16.0 Å². The topological polar surface area (TPSA) is 186 Å². The molecule has 1 saturated heterocycles. The molecule has 1 aliphatic rings. The van der Waals surface area contributed by atoms with Crippen LogP contribution in [0.3, 0.4) is 0 Å². The summed E-state index contributed by atoms with van der Waals surface area (Å²) >= 11 is 0. The number of carboxylic acids is 1. The van der Waals surface area contributed by atoms with E-state index >= 15 is 0 Å². The molecule has 0 aliphatic carbocycles. The first kappa shape index (κ1) is 26.9. The summed E-state index contributed by atoms with van der Waals surface area (Å²) in [4.78, 5) is 25.7. The average Bonchev–Trinajstić information content (AvgIpc) is 3.48. The van der Waals surface area contributed by atoms with E-state index in [1.165, 1.54) is 33.6 Å². The number of aliphatic carboxylic acids is 1. The molecule has 0 radical (unpaired) electrons. The minimum Gasteiger partial charge on any atom is -0.480 e. The summed E-state index contributed by atoms with van der Waals surface area (Å²) in [5.74, 6) is -0.859. The highest BCUT2D eigenvalue weighted by atomic mass is 16.6. The molecular weight excluding hydrogens is 502 g/mol. The van der Waals surface area contributed by atoms with E-state index in [1.807, 2.05) is 23.1 Å². The van der Waals surface area contributed by atoms with Crippen LogP contribution >= 0.6 is 0 Å². The number of benzene rings is 2. The lowest BCUT2D eigenvalue weighted by atomic mass is 10.0. The molecule has 5 atom stereocenters. The van der Waals surface area contributed by atoms with Crippen molar-refractivity contribution in [2.75, 3.05) is 25.4 Å². The van der Waals surface area contributed by atoms with E-state index < -0.39 is 36.6 Å². The van der Waals surface area contributed by atoms with E-state index in [0.717, 1.165) is 12.8 Å². The lowest BCUT2D eigenvalue weighted by molar-refractivity contribution is -0.138. The quantitative estimate of drug-likeness (QED) is 0.184. The van der Waals surface area contributed by atoms with E-state index in [0.29, 0.717) is 24.3 Å². The minimum absolute atomic E-state index is 0.204. The van der Waals surface area contributed by atoms with Crippen LogP contribution in [0.25, 0.3) is 21.9 Å². The van der Waals surface area contributed by atoms with Gasteiger partial charge < -0.3 is 36.4 Å². The number of hydrogen-bond acceptors (Lipinski definition) is 10. The second-order valence-electron chi connectivity index (χ2n) is 9.91. The molecule has 39 heavy (non-hydrogen) atoms. The largest absolute Gasteiger partial charge is 0.480 e. The van der Waals surface area contributed by atoms with Crippen molar-refractivity contribution in [2.24, 2.45) is 5.73 Å². The second-order valence-corrected chi connectivity index (χ2v) is 9.91. The van der Waals surface area contributed by atoms with Gasteiger partial charge >= 0.3 is 5.97 Å². The van der Waals surface area contributed by atoms with Gasteiger partial charge in [-0.25, -0.2) is 15.0 Å². The van der Waals surface area contributed by atoms with Gasteiger partial charge in [-0.15, -0.1) is 0 Å². The van der Waals surface area contributed by atoms with Crippen LogP contribution in [0.2, 0.25) is 0 Å². The number of aromatic nitrogens is 4. The Morgan fingerprint density at radius 3 is 2.69 bits per heavy atom. The van der Waals surface area contributed by atoms with Gasteiger partial charge in [0.2, 0.25) is 0 Å². The predicted molar refractivity (Wildman–Crippen MR) is 145 cm³/mol. The van der Waals surface area contributed by atoms with Crippen LogP contribution in [0.4, 0.5) is 5.82 Å². The third-order valence-electron chi connectivity index (χ3n) is 7.31. The molecule has 0 saturated carbocycles. The molecule has 1 aliphatic heterocycles. The number of imidazole rings is 1. The minimum atomic E-state index is -1.23. The van der Waals surface area contributed by atoms with E-state index in [2.05, 4.69) is 39.2 Å². The number of aliphatic hydroxyl groups is 2. The Kier molecular flexibility index (Phi) is 8.00. The van der Waals surface area contributed by atoms with Gasteiger partial charge in [0.05, 0.1) is 6.33 Å². The van der Waals surface area contributed by atoms with Crippen molar-refractivity contribution < 1.29 is 24.9 Å². The summed E-state index contributed by atoms with van der Waals surface area (Å²) in [6.45, 7) is 1.30. The Morgan fingerprint density at radius 2 is 1.87 bits per heavy atom. The lowest BCUT2D eigenvalue weighted by Crippen LogP contribution is -2.43. The zero-order chi connectivity index (χ0) is 27.5. The third-order valence-corrected chi connectivity index (χ3v) is 7.31. The molecule has 3 heterocycles. The van der Waals surface area contributed by atoms with Crippen LogP contribution in [0, 0.1) is 0 Å². The molecule has 4 aromatic rings. The number of rotatable bonds is 11. The lowest BCUT2D eigenvalue weighted by Gasteiger charge is -2.27. The molecule has 0 spiro atoms. The molecule has 206 valence electrons. The zero-order valence-electron chi connectivity index (χ0n) is 21.4. The van der Waals surface area contributed by atoms with Gasteiger partial charge in [-0.2, -0.15) is 0 Å². The van der Waals surface area contributed by atoms with Crippen LogP contribution < -0.4 is 11.5 Å². The Morgan fingerprint density at radius 1 is 1.08 bits per heavy atom. The fraction of sp³-hybridized carbons (Fsp3) is 0.407. The summed E-state index contributed by atoms with van der Waals surface area (Å²) < 4.78 is 7.65.